The minimum Gasteiger partial charge on any atom is -0.393 e. The van der Waals surface area contributed by atoms with Crippen molar-refractivity contribution in [3.8, 4) is 0 Å². The Kier molecular flexibility index (Phi) is 4.48. The number of nitrogens with zero attached hydrogens (tertiary/aromatic N) is 1. The van der Waals surface area contributed by atoms with Crippen LogP contribution in [0.4, 0.5) is 10.1 Å². The maximum absolute atomic E-state index is 13.4. The molecule has 0 atom stereocenters. The van der Waals surface area contributed by atoms with E-state index in [0.29, 0.717) is 5.92 Å². The Balaban J connectivity index is 2.25. The van der Waals surface area contributed by atoms with Crippen molar-refractivity contribution >= 4 is 17.5 Å². The van der Waals surface area contributed by atoms with E-state index in [4.69, 9.17) is 0 Å². The Bertz CT molecular complexity index is 488. The summed E-state index contributed by atoms with van der Waals surface area (Å²) in [6, 6.07) is 4.62. The van der Waals surface area contributed by atoms with E-state index in [-0.39, 0.29) is 11.9 Å². The van der Waals surface area contributed by atoms with E-state index in [2.05, 4.69) is 11.6 Å². The molecule has 0 saturated heterocycles. The summed E-state index contributed by atoms with van der Waals surface area (Å²) >= 11 is 0. The lowest BCUT2D eigenvalue weighted by molar-refractivity contribution is 0.119. The highest BCUT2D eigenvalue weighted by molar-refractivity contribution is 5.77. The van der Waals surface area contributed by atoms with Gasteiger partial charge in [-0.15, -0.1) is 0 Å². The number of aliphatic imine (C=N–C) groups is 1. The molecule has 1 fully saturated rings. The molecule has 102 valence electrons. The van der Waals surface area contributed by atoms with Crippen LogP contribution in [0.2, 0.25) is 0 Å². The summed E-state index contributed by atoms with van der Waals surface area (Å²) in [5, 5.41) is 9.55. The molecule has 0 aromatic heterocycles. The molecule has 2 nitrogen and oxygen atoms in total. The van der Waals surface area contributed by atoms with Crippen molar-refractivity contribution in [3.05, 3.63) is 36.2 Å². The zero-order chi connectivity index (χ0) is 13.8. The second kappa shape index (κ2) is 6.11. The molecule has 2 rings (SSSR count). The molecule has 0 radical (unpaired) electrons. The first-order valence-electron chi connectivity index (χ1n) is 6.77. The smallest absolute Gasteiger partial charge is 0.123 e. The van der Waals surface area contributed by atoms with Gasteiger partial charge in [0.15, 0.2) is 0 Å². The van der Waals surface area contributed by atoms with Crippen LogP contribution in [0.5, 0.6) is 0 Å². The standard InChI is InChI=1S/C16H20FNO/c1-3-18-16-9-6-13(17)10-15(16)11(2)12-4-7-14(19)8-5-12/h3,6,9-10,12,14,19H,2,4-5,7-8H2,1H3/b18-3-/t12-,14-. The first kappa shape index (κ1) is 13.9. The number of rotatable bonds is 3. The van der Waals surface area contributed by atoms with E-state index in [1.807, 2.05) is 6.92 Å². The predicted molar refractivity (Wildman–Crippen MR) is 77.2 cm³/mol. The minimum atomic E-state index is -0.262. The lowest BCUT2D eigenvalue weighted by Crippen LogP contribution is -2.18. The zero-order valence-corrected chi connectivity index (χ0v) is 11.3. The Labute approximate surface area is 113 Å². The topological polar surface area (TPSA) is 32.6 Å². The van der Waals surface area contributed by atoms with Crippen molar-refractivity contribution < 1.29 is 9.50 Å². The first-order chi connectivity index (χ1) is 9.11. The average molecular weight is 261 g/mol. The summed E-state index contributed by atoms with van der Waals surface area (Å²) in [7, 11) is 0. The van der Waals surface area contributed by atoms with E-state index in [1.165, 1.54) is 12.1 Å². The molecule has 1 aliphatic rings. The molecule has 0 heterocycles. The molecule has 1 aromatic carbocycles. The van der Waals surface area contributed by atoms with Crippen molar-refractivity contribution in [3.63, 3.8) is 0 Å². The SMILES string of the molecule is C=C(c1cc(F)ccc1/N=C\C)[C@H]1CC[C@H](O)CC1. The number of benzene rings is 1. The predicted octanol–water partition coefficient (Wildman–Crippen LogP) is 4.11. The van der Waals surface area contributed by atoms with Crippen LogP contribution in [0.3, 0.4) is 0 Å². The summed E-state index contributed by atoms with van der Waals surface area (Å²) < 4.78 is 13.4. The zero-order valence-electron chi connectivity index (χ0n) is 11.3. The van der Waals surface area contributed by atoms with Crippen LogP contribution in [0, 0.1) is 11.7 Å². The van der Waals surface area contributed by atoms with Crippen LogP contribution in [0.15, 0.2) is 29.8 Å². The number of hydrogen-bond acceptors (Lipinski definition) is 2. The fourth-order valence-electron chi connectivity index (χ4n) is 2.66. The van der Waals surface area contributed by atoms with Gasteiger partial charge in [0, 0.05) is 11.8 Å². The number of aliphatic hydroxyl groups is 1. The molecule has 0 spiro atoms. The molecular weight excluding hydrogens is 241 g/mol. The molecule has 0 amide bonds. The van der Waals surface area contributed by atoms with Gasteiger partial charge in [0.25, 0.3) is 0 Å². The van der Waals surface area contributed by atoms with Crippen molar-refractivity contribution in [2.45, 2.75) is 38.7 Å². The highest BCUT2D eigenvalue weighted by atomic mass is 19.1. The van der Waals surface area contributed by atoms with E-state index < -0.39 is 0 Å². The van der Waals surface area contributed by atoms with Gasteiger partial charge >= 0.3 is 0 Å². The third-order valence-electron chi connectivity index (χ3n) is 3.76. The second-order valence-corrected chi connectivity index (χ2v) is 5.08. The van der Waals surface area contributed by atoms with Crippen molar-refractivity contribution in [2.24, 2.45) is 10.9 Å². The Morgan fingerprint density at radius 1 is 1.37 bits per heavy atom. The normalized spacial score (nSPS) is 23.7. The van der Waals surface area contributed by atoms with Crippen LogP contribution in [-0.4, -0.2) is 17.4 Å². The van der Waals surface area contributed by atoms with E-state index in [1.54, 1.807) is 12.3 Å². The van der Waals surface area contributed by atoms with Gasteiger partial charge in [-0.05, 0) is 62.3 Å². The van der Waals surface area contributed by atoms with Crippen LogP contribution in [0.25, 0.3) is 5.57 Å². The van der Waals surface area contributed by atoms with Gasteiger partial charge in [-0.2, -0.15) is 0 Å². The van der Waals surface area contributed by atoms with E-state index >= 15 is 0 Å². The van der Waals surface area contributed by atoms with Gasteiger partial charge in [-0.1, -0.05) is 6.58 Å². The summed E-state index contributed by atoms with van der Waals surface area (Å²) in [5.74, 6) is 0.0538. The average Bonchev–Trinajstić information content (AvgIpc) is 2.41. The molecule has 0 bridgehead atoms. The maximum Gasteiger partial charge on any atom is 0.123 e. The summed E-state index contributed by atoms with van der Waals surface area (Å²) in [6.45, 7) is 5.98. The van der Waals surface area contributed by atoms with E-state index in [9.17, 15) is 9.50 Å². The van der Waals surface area contributed by atoms with Crippen LogP contribution in [-0.2, 0) is 0 Å². The first-order valence-corrected chi connectivity index (χ1v) is 6.77. The Morgan fingerprint density at radius 3 is 2.68 bits per heavy atom. The van der Waals surface area contributed by atoms with Crippen molar-refractivity contribution in [1.29, 1.82) is 0 Å². The maximum atomic E-state index is 13.4. The fourth-order valence-corrected chi connectivity index (χ4v) is 2.66. The van der Waals surface area contributed by atoms with Crippen molar-refractivity contribution in [2.75, 3.05) is 0 Å². The molecule has 1 aromatic rings. The summed E-state index contributed by atoms with van der Waals surface area (Å²) in [6.07, 6.45) is 4.92. The second-order valence-electron chi connectivity index (χ2n) is 5.08. The van der Waals surface area contributed by atoms with Crippen LogP contribution < -0.4 is 0 Å². The lowest BCUT2D eigenvalue weighted by Gasteiger charge is -2.27. The van der Waals surface area contributed by atoms with Gasteiger partial charge in [0.1, 0.15) is 5.82 Å². The number of hydrogen-bond donors (Lipinski definition) is 1. The molecule has 1 saturated carbocycles. The monoisotopic (exact) mass is 261 g/mol. The molecular formula is C16H20FNO. The third kappa shape index (κ3) is 3.29. The van der Waals surface area contributed by atoms with E-state index in [0.717, 1.165) is 42.5 Å². The molecule has 1 N–H and O–H groups in total. The molecule has 1 aliphatic carbocycles. The molecule has 0 aliphatic heterocycles. The van der Waals surface area contributed by atoms with Gasteiger partial charge in [-0.25, -0.2) is 4.39 Å². The molecule has 3 heteroatoms. The highest BCUT2D eigenvalue weighted by Crippen LogP contribution is 2.38. The molecule has 19 heavy (non-hydrogen) atoms. The van der Waals surface area contributed by atoms with Gasteiger partial charge in [0.2, 0.25) is 0 Å². The fraction of sp³-hybridized carbons (Fsp3) is 0.438. The summed E-state index contributed by atoms with van der Waals surface area (Å²) in [4.78, 5) is 4.28. The van der Waals surface area contributed by atoms with Gasteiger partial charge in [0.05, 0.1) is 11.8 Å². The van der Waals surface area contributed by atoms with Crippen LogP contribution >= 0.6 is 0 Å². The largest absolute Gasteiger partial charge is 0.393 e. The van der Waals surface area contributed by atoms with Gasteiger partial charge in [-0.3, -0.25) is 4.99 Å². The third-order valence-corrected chi connectivity index (χ3v) is 3.76. The van der Waals surface area contributed by atoms with Crippen molar-refractivity contribution in [1.82, 2.24) is 0 Å². The van der Waals surface area contributed by atoms with Crippen LogP contribution in [0.1, 0.15) is 38.2 Å². The number of aliphatic hydroxyl groups excluding tert-OH is 1. The Morgan fingerprint density at radius 2 is 2.05 bits per heavy atom. The number of halogens is 1. The number of allylic oxidation sites excluding steroid dienone is 1. The lowest BCUT2D eigenvalue weighted by atomic mass is 9.80. The highest BCUT2D eigenvalue weighted by Gasteiger charge is 2.23. The quantitative estimate of drug-likeness (QED) is 0.816. The minimum absolute atomic E-state index is 0.190. The Hall–Kier alpha value is -1.48. The van der Waals surface area contributed by atoms with Gasteiger partial charge < -0.3 is 5.11 Å². The molecule has 0 unspecified atom stereocenters. The summed E-state index contributed by atoms with van der Waals surface area (Å²) in [5.41, 5.74) is 2.49.